The van der Waals surface area contributed by atoms with Crippen LogP contribution in [0.25, 0.3) is 0 Å². The van der Waals surface area contributed by atoms with Gasteiger partial charge in [0.25, 0.3) is 11.8 Å². The molecule has 1 aromatic carbocycles. The molecule has 1 aromatic rings. The highest BCUT2D eigenvalue weighted by Gasteiger charge is 2.56. The Hall–Kier alpha value is -2.63. The summed E-state index contributed by atoms with van der Waals surface area (Å²) in [6.45, 7) is 0. The Kier molecular flexibility index (Phi) is 3.01. The Morgan fingerprint density at radius 1 is 1.04 bits per heavy atom. The number of hydrogen-bond acceptors (Lipinski definition) is 5. The second-order valence-electron chi connectivity index (χ2n) is 6.32. The molecule has 1 aliphatic heterocycles. The van der Waals surface area contributed by atoms with Gasteiger partial charge in [-0.2, -0.15) is 10.1 Å². The summed E-state index contributed by atoms with van der Waals surface area (Å²) in [5, 5.41) is 24.0. The van der Waals surface area contributed by atoms with E-state index in [1.807, 2.05) is 0 Å². The summed E-state index contributed by atoms with van der Waals surface area (Å²) in [6.07, 6.45) is 7.27. The number of phenols is 2. The van der Waals surface area contributed by atoms with Gasteiger partial charge in [0.15, 0.2) is 0 Å². The normalized spacial score (nSPS) is 32.1. The fourth-order valence-electron chi connectivity index (χ4n) is 3.93. The van der Waals surface area contributed by atoms with Crippen molar-refractivity contribution in [2.24, 2.45) is 28.8 Å². The molecule has 2 N–H and O–H groups in total. The topological polar surface area (TPSA) is 90.2 Å². The summed E-state index contributed by atoms with van der Waals surface area (Å²) in [5.41, 5.74) is 0.333. The first kappa shape index (κ1) is 14.0. The molecule has 23 heavy (non-hydrogen) atoms. The third kappa shape index (κ3) is 2.05. The van der Waals surface area contributed by atoms with E-state index in [1.54, 1.807) is 0 Å². The summed E-state index contributed by atoms with van der Waals surface area (Å²) in [7, 11) is 0. The van der Waals surface area contributed by atoms with Crippen molar-refractivity contribution < 1.29 is 19.8 Å². The lowest BCUT2D eigenvalue weighted by Gasteiger charge is -2.37. The summed E-state index contributed by atoms with van der Waals surface area (Å²) >= 11 is 0. The van der Waals surface area contributed by atoms with Gasteiger partial charge in [0, 0.05) is 11.6 Å². The Bertz CT molecular complexity index is 723. The number of imide groups is 1. The zero-order valence-corrected chi connectivity index (χ0v) is 12.3. The van der Waals surface area contributed by atoms with Crippen LogP contribution in [-0.2, 0) is 9.59 Å². The van der Waals surface area contributed by atoms with Gasteiger partial charge in [-0.05, 0) is 36.8 Å². The lowest BCUT2D eigenvalue weighted by Crippen LogP contribution is -2.38. The van der Waals surface area contributed by atoms with Crippen LogP contribution < -0.4 is 0 Å². The molecular formula is C17H16N2O4. The monoisotopic (exact) mass is 312 g/mol. The lowest BCUT2D eigenvalue weighted by molar-refractivity contribution is -0.140. The Labute approximate surface area is 132 Å². The molecule has 2 bridgehead atoms. The highest BCUT2D eigenvalue weighted by molar-refractivity contribution is 6.06. The Morgan fingerprint density at radius 2 is 1.65 bits per heavy atom. The third-order valence-corrected chi connectivity index (χ3v) is 5.06. The fraction of sp³-hybridized carbons (Fsp3) is 0.353. The van der Waals surface area contributed by atoms with Gasteiger partial charge in [-0.15, -0.1) is 0 Å². The van der Waals surface area contributed by atoms with Crippen molar-refractivity contribution in [3.8, 4) is 11.5 Å². The molecule has 1 saturated heterocycles. The second-order valence-corrected chi connectivity index (χ2v) is 6.32. The van der Waals surface area contributed by atoms with Crippen molar-refractivity contribution in [3.05, 3.63) is 35.9 Å². The van der Waals surface area contributed by atoms with Crippen LogP contribution in [0.4, 0.5) is 0 Å². The van der Waals surface area contributed by atoms with Crippen molar-refractivity contribution >= 4 is 18.0 Å². The molecule has 2 amide bonds. The lowest BCUT2D eigenvalue weighted by atomic mass is 9.63. The SMILES string of the molecule is O=C1[C@@H]2[C@H](C(=O)N1/N=C\c1ccc(O)cc1O)[C@@H]1C=C[C@@H]2CC1. The number of nitrogens with zero attached hydrogens (tertiary/aromatic N) is 2. The molecule has 0 unspecified atom stereocenters. The Morgan fingerprint density at radius 3 is 2.17 bits per heavy atom. The van der Waals surface area contributed by atoms with E-state index in [0.29, 0.717) is 5.56 Å². The predicted molar refractivity (Wildman–Crippen MR) is 81.6 cm³/mol. The van der Waals surface area contributed by atoms with Gasteiger partial charge in [0.1, 0.15) is 11.5 Å². The van der Waals surface area contributed by atoms with E-state index < -0.39 is 0 Å². The van der Waals surface area contributed by atoms with Crippen LogP contribution in [0.15, 0.2) is 35.5 Å². The van der Waals surface area contributed by atoms with Crippen molar-refractivity contribution in [3.63, 3.8) is 0 Å². The van der Waals surface area contributed by atoms with Crippen LogP contribution >= 0.6 is 0 Å². The van der Waals surface area contributed by atoms with Crippen LogP contribution in [-0.4, -0.2) is 33.3 Å². The molecule has 2 fully saturated rings. The first-order valence-electron chi connectivity index (χ1n) is 7.68. The standard InChI is InChI=1S/C17H16N2O4/c20-12-6-5-11(13(21)7-12)8-18-19-16(22)14-9-1-2-10(4-3-9)15(14)17(19)23/h1-2,5-10,14-15,20-21H,3-4H2/b18-8-/t9-,10-,14-,15+/m1/s1. The van der Waals surface area contributed by atoms with Crippen molar-refractivity contribution in [1.29, 1.82) is 0 Å². The van der Waals surface area contributed by atoms with Gasteiger partial charge in [-0.25, -0.2) is 0 Å². The molecule has 118 valence electrons. The minimum Gasteiger partial charge on any atom is -0.508 e. The van der Waals surface area contributed by atoms with Crippen LogP contribution in [0.3, 0.4) is 0 Å². The number of carbonyl (C=O) groups excluding carboxylic acids is 2. The van der Waals surface area contributed by atoms with Crippen molar-refractivity contribution in [1.82, 2.24) is 5.01 Å². The molecule has 1 heterocycles. The maximum Gasteiger partial charge on any atom is 0.254 e. The number of rotatable bonds is 2. The number of hydrazone groups is 1. The van der Waals surface area contributed by atoms with Gasteiger partial charge < -0.3 is 10.2 Å². The number of allylic oxidation sites excluding steroid dienone is 2. The fourth-order valence-corrected chi connectivity index (χ4v) is 3.93. The summed E-state index contributed by atoms with van der Waals surface area (Å²) in [6, 6.07) is 4.05. The van der Waals surface area contributed by atoms with E-state index in [0.717, 1.165) is 17.9 Å². The summed E-state index contributed by atoms with van der Waals surface area (Å²) in [4.78, 5) is 25.1. The minimum atomic E-state index is -0.295. The number of carbonyl (C=O) groups is 2. The average Bonchev–Trinajstić information content (AvgIpc) is 2.82. The molecule has 4 aliphatic rings. The van der Waals surface area contributed by atoms with Gasteiger partial charge in [0.2, 0.25) is 0 Å². The van der Waals surface area contributed by atoms with Gasteiger partial charge in [0.05, 0.1) is 18.1 Å². The predicted octanol–water partition coefficient (Wildman–Crippen LogP) is 1.63. The second kappa shape index (κ2) is 4.94. The zero-order chi connectivity index (χ0) is 16.1. The quantitative estimate of drug-likeness (QED) is 0.493. The highest BCUT2D eigenvalue weighted by Crippen LogP contribution is 2.49. The van der Waals surface area contributed by atoms with Gasteiger partial charge >= 0.3 is 0 Å². The molecule has 5 rings (SSSR count). The third-order valence-electron chi connectivity index (χ3n) is 5.06. The largest absolute Gasteiger partial charge is 0.508 e. The molecule has 6 heteroatoms. The summed E-state index contributed by atoms with van der Waals surface area (Å²) < 4.78 is 0. The van der Waals surface area contributed by atoms with Crippen molar-refractivity contribution in [2.45, 2.75) is 12.8 Å². The maximum absolute atomic E-state index is 12.6. The van der Waals surface area contributed by atoms with Gasteiger partial charge in [-0.1, -0.05) is 12.2 Å². The molecule has 3 aliphatic carbocycles. The van der Waals surface area contributed by atoms with E-state index in [4.69, 9.17) is 0 Å². The first-order valence-corrected chi connectivity index (χ1v) is 7.68. The van der Waals surface area contributed by atoms with E-state index in [-0.39, 0.29) is 47.0 Å². The number of hydrogen-bond donors (Lipinski definition) is 2. The molecular weight excluding hydrogens is 296 g/mol. The number of benzene rings is 1. The number of fused-ring (bicyclic) bond motifs is 1. The average molecular weight is 312 g/mol. The van der Waals surface area contributed by atoms with Crippen LogP contribution in [0.2, 0.25) is 0 Å². The van der Waals surface area contributed by atoms with E-state index in [1.165, 1.54) is 24.4 Å². The van der Waals surface area contributed by atoms with Crippen LogP contribution in [0.5, 0.6) is 11.5 Å². The maximum atomic E-state index is 12.6. The molecule has 0 spiro atoms. The Balaban J connectivity index is 1.62. The smallest absolute Gasteiger partial charge is 0.254 e. The number of aromatic hydroxyl groups is 2. The zero-order valence-electron chi connectivity index (χ0n) is 12.3. The minimum absolute atomic E-state index is 0.0679. The first-order chi connectivity index (χ1) is 11.1. The highest BCUT2D eigenvalue weighted by atomic mass is 16.3. The van der Waals surface area contributed by atoms with E-state index in [9.17, 15) is 19.8 Å². The molecule has 6 nitrogen and oxygen atoms in total. The van der Waals surface area contributed by atoms with Gasteiger partial charge in [-0.3, -0.25) is 9.59 Å². The number of phenolic OH excluding ortho intramolecular Hbond substituents is 2. The van der Waals surface area contributed by atoms with E-state index in [2.05, 4.69) is 17.3 Å². The van der Waals surface area contributed by atoms with Crippen LogP contribution in [0, 0.1) is 23.7 Å². The van der Waals surface area contributed by atoms with E-state index >= 15 is 0 Å². The van der Waals surface area contributed by atoms with Crippen molar-refractivity contribution in [2.75, 3.05) is 0 Å². The molecule has 4 atom stereocenters. The molecule has 1 saturated carbocycles. The molecule has 0 radical (unpaired) electrons. The number of amides is 2. The van der Waals surface area contributed by atoms with Crippen LogP contribution in [0.1, 0.15) is 18.4 Å². The molecule has 0 aromatic heterocycles. The summed E-state index contributed by atoms with van der Waals surface area (Å²) in [5.74, 6) is -1.07.